The van der Waals surface area contributed by atoms with Crippen molar-refractivity contribution in [3.63, 3.8) is 0 Å². The molecule has 1 aromatic heterocycles. The van der Waals surface area contributed by atoms with Gasteiger partial charge in [0.1, 0.15) is 23.9 Å². The molecule has 0 spiro atoms. The van der Waals surface area contributed by atoms with Crippen molar-refractivity contribution < 1.29 is 23.4 Å². The number of esters is 1. The van der Waals surface area contributed by atoms with E-state index >= 15 is 0 Å². The summed E-state index contributed by atoms with van der Waals surface area (Å²) in [6.07, 6.45) is 1.39. The van der Waals surface area contributed by atoms with E-state index < -0.39 is 12.0 Å². The minimum Gasteiger partial charge on any atom is -0.494 e. The quantitative estimate of drug-likeness (QED) is 0.249. The summed E-state index contributed by atoms with van der Waals surface area (Å²) in [7, 11) is 0. The van der Waals surface area contributed by atoms with Crippen molar-refractivity contribution in [3.05, 3.63) is 126 Å². The number of para-hydroxylation sites is 1. The van der Waals surface area contributed by atoms with Gasteiger partial charge < -0.3 is 14.2 Å². The number of benzene rings is 3. The van der Waals surface area contributed by atoms with Gasteiger partial charge in [-0.15, -0.1) is 0 Å². The molecular weight excluding hydrogens is 555 g/mol. The van der Waals surface area contributed by atoms with Crippen LogP contribution in [0.15, 0.2) is 93.9 Å². The Bertz CT molecular complexity index is 1820. The summed E-state index contributed by atoms with van der Waals surface area (Å²) in [6.45, 7) is 7.77. The normalized spacial score (nSPS) is 14.9. The number of hydrogen-bond acceptors (Lipinski definition) is 7. The molecule has 7 nitrogen and oxygen atoms in total. The van der Waals surface area contributed by atoms with Gasteiger partial charge in [0.25, 0.3) is 5.56 Å². The monoisotopic (exact) mass is 586 g/mol. The summed E-state index contributed by atoms with van der Waals surface area (Å²) < 4.78 is 33.3. The molecule has 4 aromatic rings. The molecule has 216 valence electrons. The van der Waals surface area contributed by atoms with Crippen LogP contribution in [0.2, 0.25) is 0 Å². The second-order valence-electron chi connectivity index (χ2n) is 9.96. The Morgan fingerprint density at radius 1 is 1.05 bits per heavy atom. The van der Waals surface area contributed by atoms with Crippen LogP contribution in [0, 0.1) is 5.82 Å². The third kappa shape index (κ3) is 6.06. The number of nitrogens with zero attached hydrogens (tertiary/aromatic N) is 2. The van der Waals surface area contributed by atoms with Gasteiger partial charge in [0.15, 0.2) is 4.80 Å². The lowest BCUT2D eigenvalue weighted by Crippen LogP contribution is -2.40. The SMILES string of the molecule is CCOc1ccc([C@@H]2C(C(=O)OC(C)C)=C(C)N=c3s/c(=C/c4ccccc4OCc4ccccc4F)c(=O)n32)cc1. The minimum atomic E-state index is -0.738. The van der Waals surface area contributed by atoms with E-state index in [1.165, 1.54) is 17.4 Å². The first-order valence-electron chi connectivity index (χ1n) is 13.7. The van der Waals surface area contributed by atoms with Gasteiger partial charge in [-0.2, -0.15) is 0 Å². The lowest BCUT2D eigenvalue weighted by molar-refractivity contribution is -0.143. The number of hydrogen-bond donors (Lipinski definition) is 0. The number of thiazole rings is 1. The zero-order chi connectivity index (χ0) is 29.8. The van der Waals surface area contributed by atoms with Gasteiger partial charge in [-0.1, -0.05) is 59.9 Å². The summed E-state index contributed by atoms with van der Waals surface area (Å²) in [6, 6.07) is 20.3. The third-order valence-electron chi connectivity index (χ3n) is 6.64. The summed E-state index contributed by atoms with van der Waals surface area (Å²) in [4.78, 5) is 32.4. The molecule has 3 aromatic carbocycles. The van der Waals surface area contributed by atoms with E-state index in [1.807, 2.05) is 49.4 Å². The van der Waals surface area contributed by atoms with E-state index in [0.717, 1.165) is 5.56 Å². The van der Waals surface area contributed by atoms with E-state index in [1.54, 1.807) is 55.7 Å². The van der Waals surface area contributed by atoms with Gasteiger partial charge >= 0.3 is 5.97 Å². The van der Waals surface area contributed by atoms with Crippen molar-refractivity contribution in [3.8, 4) is 11.5 Å². The van der Waals surface area contributed by atoms with Crippen LogP contribution < -0.4 is 24.4 Å². The molecule has 0 aliphatic carbocycles. The predicted octanol–water partition coefficient (Wildman–Crippen LogP) is 5.30. The first kappa shape index (κ1) is 29.0. The summed E-state index contributed by atoms with van der Waals surface area (Å²) in [5, 5.41) is 0. The number of allylic oxidation sites excluding steroid dienone is 1. The van der Waals surface area contributed by atoms with Gasteiger partial charge in [-0.3, -0.25) is 9.36 Å². The molecule has 2 heterocycles. The van der Waals surface area contributed by atoms with Crippen LogP contribution in [0.1, 0.15) is 50.4 Å². The van der Waals surface area contributed by atoms with Crippen molar-refractivity contribution >= 4 is 23.4 Å². The second-order valence-corrected chi connectivity index (χ2v) is 11.0. The fourth-order valence-electron chi connectivity index (χ4n) is 4.73. The van der Waals surface area contributed by atoms with Gasteiger partial charge in [0.2, 0.25) is 0 Å². The maximum absolute atomic E-state index is 14.2. The number of halogens is 1. The molecular formula is C33H31FN2O5S. The maximum Gasteiger partial charge on any atom is 0.338 e. The van der Waals surface area contributed by atoms with E-state index in [2.05, 4.69) is 4.99 Å². The number of carbonyl (C=O) groups is 1. The Hall–Kier alpha value is -4.50. The Morgan fingerprint density at radius 2 is 1.76 bits per heavy atom. The summed E-state index contributed by atoms with van der Waals surface area (Å²) in [5.41, 5.74) is 2.31. The minimum absolute atomic E-state index is 0.0387. The fraction of sp³-hybridized carbons (Fsp3) is 0.242. The van der Waals surface area contributed by atoms with Crippen molar-refractivity contribution in [1.29, 1.82) is 0 Å². The van der Waals surface area contributed by atoms with Crippen molar-refractivity contribution in [2.45, 2.75) is 46.4 Å². The molecule has 0 amide bonds. The number of ether oxygens (including phenoxy) is 3. The largest absolute Gasteiger partial charge is 0.494 e. The molecule has 0 N–H and O–H groups in total. The Labute approximate surface area is 246 Å². The fourth-order valence-corrected chi connectivity index (χ4v) is 5.77. The summed E-state index contributed by atoms with van der Waals surface area (Å²) >= 11 is 1.23. The average molecular weight is 587 g/mol. The van der Waals surface area contributed by atoms with Crippen LogP contribution in [-0.2, 0) is 16.1 Å². The van der Waals surface area contributed by atoms with Crippen LogP contribution in [0.3, 0.4) is 0 Å². The number of carbonyl (C=O) groups excluding carboxylic acids is 1. The first-order valence-corrected chi connectivity index (χ1v) is 14.5. The van der Waals surface area contributed by atoms with E-state index in [4.69, 9.17) is 14.2 Å². The van der Waals surface area contributed by atoms with Crippen LogP contribution in [0.5, 0.6) is 11.5 Å². The average Bonchev–Trinajstić information content (AvgIpc) is 3.26. The molecule has 0 radical (unpaired) electrons. The Balaban J connectivity index is 1.59. The molecule has 0 saturated carbocycles. The third-order valence-corrected chi connectivity index (χ3v) is 7.62. The molecule has 0 bridgehead atoms. The van der Waals surface area contributed by atoms with Crippen molar-refractivity contribution in [1.82, 2.24) is 4.57 Å². The van der Waals surface area contributed by atoms with Crippen LogP contribution >= 0.6 is 11.3 Å². The lowest BCUT2D eigenvalue weighted by atomic mass is 9.96. The van der Waals surface area contributed by atoms with Crippen molar-refractivity contribution in [2.24, 2.45) is 4.99 Å². The number of rotatable bonds is 9. The van der Waals surface area contributed by atoms with E-state index in [9.17, 15) is 14.0 Å². The smallest absolute Gasteiger partial charge is 0.338 e. The molecule has 5 rings (SSSR count). The highest BCUT2D eigenvalue weighted by Crippen LogP contribution is 2.32. The highest BCUT2D eigenvalue weighted by Gasteiger charge is 2.33. The van der Waals surface area contributed by atoms with Crippen LogP contribution in [0.25, 0.3) is 6.08 Å². The number of fused-ring (bicyclic) bond motifs is 1. The summed E-state index contributed by atoms with van der Waals surface area (Å²) in [5.74, 6) is 0.325. The Kier molecular flexibility index (Phi) is 8.68. The maximum atomic E-state index is 14.2. The highest BCUT2D eigenvalue weighted by atomic mass is 32.1. The second kappa shape index (κ2) is 12.6. The molecule has 0 saturated heterocycles. The van der Waals surface area contributed by atoms with Gasteiger partial charge in [-0.25, -0.2) is 14.2 Å². The molecule has 1 atom stereocenters. The zero-order valence-electron chi connectivity index (χ0n) is 23.8. The first-order chi connectivity index (χ1) is 20.3. The molecule has 1 aliphatic heterocycles. The van der Waals surface area contributed by atoms with Gasteiger partial charge in [-0.05, 0) is 63.6 Å². The lowest BCUT2D eigenvalue weighted by Gasteiger charge is -2.25. The van der Waals surface area contributed by atoms with E-state index in [0.29, 0.717) is 49.8 Å². The standard InChI is InChI=1S/C33H31FN2O5S/c1-5-39-25-16-14-22(15-17-25)30-29(32(38)41-20(2)3)21(4)35-33-36(30)31(37)28(42-33)18-23-10-7-9-13-27(23)40-19-24-11-6-8-12-26(24)34/h6-18,20,30H,5,19H2,1-4H3/b28-18+/t30-/m1/s1. The van der Waals surface area contributed by atoms with Crippen LogP contribution in [-0.4, -0.2) is 23.2 Å². The Morgan fingerprint density at radius 3 is 2.48 bits per heavy atom. The van der Waals surface area contributed by atoms with Crippen molar-refractivity contribution in [2.75, 3.05) is 6.61 Å². The molecule has 9 heteroatoms. The topological polar surface area (TPSA) is 79.1 Å². The van der Waals surface area contributed by atoms with Crippen LogP contribution in [0.4, 0.5) is 4.39 Å². The zero-order valence-corrected chi connectivity index (χ0v) is 24.6. The molecule has 42 heavy (non-hydrogen) atoms. The van der Waals surface area contributed by atoms with E-state index in [-0.39, 0.29) is 24.1 Å². The molecule has 1 aliphatic rings. The highest BCUT2D eigenvalue weighted by molar-refractivity contribution is 7.07. The molecule has 0 unspecified atom stereocenters. The van der Waals surface area contributed by atoms with Gasteiger partial charge in [0.05, 0.1) is 34.6 Å². The molecule has 0 fully saturated rings. The number of aromatic nitrogens is 1. The predicted molar refractivity (Wildman–Crippen MR) is 160 cm³/mol. The van der Waals surface area contributed by atoms with Gasteiger partial charge in [0, 0.05) is 11.1 Å².